The molecule has 0 aliphatic heterocycles. The minimum absolute atomic E-state index is 0.00430. The van der Waals surface area contributed by atoms with E-state index in [9.17, 15) is 10.1 Å². The molecule has 0 bridgehead atoms. The van der Waals surface area contributed by atoms with Crippen LogP contribution in [-0.4, -0.2) is 24.5 Å². The molecule has 0 spiro atoms. The second kappa shape index (κ2) is 7.97. The molecule has 0 aromatic heterocycles. The van der Waals surface area contributed by atoms with Crippen molar-refractivity contribution in [2.45, 2.75) is 13.8 Å². The van der Waals surface area contributed by atoms with E-state index in [1.54, 1.807) is 12.1 Å². The first kappa shape index (κ1) is 14.8. The monoisotopic (exact) mass is 273 g/mol. The van der Waals surface area contributed by atoms with E-state index in [0.717, 1.165) is 0 Å². The van der Waals surface area contributed by atoms with Gasteiger partial charge in [0.15, 0.2) is 6.35 Å². The lowest BCUT2D eigenvalue weighted by molar-refractivity contribution is -0.384. The molecular formula is C11H16NO5P. The van der Waals surface area contributed by atoms with Gasteiger partial charge in [-0.25, -0.2) is 0 Å². The summed E-state index contributed by atoms with van der Waals surface area (Å²) in [6, 6.07) is 6.04. The van der Waals surface area contributed by atoms with Crippen molar-refractivity contribution in [1.82, 2.24) is 0 Å². The van der Waals surface area contributed by atoms with Gasteiger partial charge in [0.25, 0.3) is 5.69 Å². The zero-order chi connectivity index (χ0) is 13.4. The molecule has 0 heterocycles. The molecule has 0 fully saturated rings. The number of hydrogen-bond acceptors (Lipinski definition) is 5. The number of rotatable bonds is 8. The van der Waals surface area contributed by atoms with Gasteiger partial charge < -0.3 is 13.8 Å². The molecule has 6 nitrogen and oxygen atoms in total. The number of nitro benzene ring substituents is 1. The Hall–Kier alpha value is -1.23. The molecule has 0 aliphatic carbocycles. The molecule has 1 aromatic carbocycles. The van der Waals surface area contributed by atoms with E-state index in [4.69, 9.17) is 13.8 Å². The van der Waals surface area contributed by atoms with Crippen LogP contribution in [0.2, 0.25) is 0 Å². The summed E-state index contributed by atoms with van der Waals surface area (Å²) in [5.74, 6) is 0.441. The molecule has 0 saturated carbocycles. The smallest absolute Gasteiger partial charge is 0.273 e. The van der Waals surface area contributed by atoms with Crippen molar-refractivity contribution in [2.75, 3.05) is 19.6 Å². The Labute approximate surface area is 107 Å². The average Bonchev–Trinajstić information content (AvgIpc) is 2.37. The molecule has 100 valence electrons. The molecule has 0 saturated heterocycles. The topological polar surface area (TPSA) is 70.8 Å². The van der Waals surface area contributed by atoms with Crippen molar-refractivity contribution in [1.29, 1.82) is 0 Å². The fourth-order valence-electron chi connectivity index (χ4n) is 1.21. The van der Waals surface area contributed by atoms with Crippen LogP contribution in [0.5, 0.6) is 5.75 Å². The van der Waals surface area contributed by atoms with Gasteiger partial charge in [0.05, 0.1) is 24.2 Å². The van der Waals surface area contributed by atoms with Crippen LogP contribution in [0, 0.1) is 10.1 Å². The second-order valence-corrected chi connectivity index (χ2v) is 4.64. The summed E-state index contributed by atoms with van der Waals surface area (Å²) in [4.78, 5) is 10.1. The highest BCUT2D eigenvalue weighted by Gasteiger charge is 2.12. The standard InChI is InChI=1S/C11H16NO5P/c1-3-16-18(17-4-2)9-15-11-7-5-6-10(8-11)12(13)14/h5-8H,3-4,9H2,1-2H3. The lowest BCUT2D eigenvalue weighted by Gasteiger charge is -2.16. The van der Waals surface area contributed by atoms with Gasteiger partial charge in [-0.2, -0.15) is 0 Å². The number of nitrogens with zero attached hydrogens (tertiary/aromatic N) is 1. The largest absolute Gasteiger partial charge is 0.484 e. The van der Waals surface area contributed by atoms with Crippen LogP contribution in [0.1, 0.15) is 13.8 Å². The lowest BCUT2D eigenvalue weighted by atomic mass is 10.3. The van der Waals surface area contributed by atoms with E-state index in [-0.39, 0.29) is 12.0 Å². The molecule has 0 unspecified atom stereocenters. The molecule has 0 aliphatic rings. The minimum Gasteiger partial charge on any atom is -0.484 e. The molecule has 0 radical (unpaired) electrons. The molecule has 7 heteroatoms. The Kier molecular flexibility index (Phi) is 6.57. The SMILES string of the molecule is CCOP(COc1cccc([N+](=O)[O-])c1)OCC. The number of non-ortho nitro benzene ring substituents is 1. The summed E-state index contributed by atoms with van der Waals surface area (Å²) >= 11 is 0. The van der Waals surface area contributed by atoms with Crippen LogP contribution in [0.25, 0.3) is 0 Å². The zero-order valence-corrected chi connectivity index (χ0v) is 11.3. The first-order chi connectivity index (χ1) is 8.67. The molecule has 0 amide bonds. The van der Waals surface area contributed by atoms with Gasteiger partial charge in [-0.15, -0.1) is 0 Å². The number of hydrogen-bond donors (Lipinski definition) is 0. The number of ether oxygens (including phenoxy) is 1. The van der Waals surface area contributed by atoms with Crippen molar-refractivity contribution < 1.29 is 18.7 Å². The fourth-order valence-corrected chi connectivity index (χ4v) is 2.27. The van der Waals surface area contributed by atoms with Gasteiger partial charge in [0.1, 0.15) is 5.75 Å². The Morgan fingerprint density at radius 1 is 1.28 bits per heavy atom. The molecule has 1 rings (SSSR count). The zero-order valence-electron chi connectivity index (χ0n) is 10.4. The highest BCUT2D eigenvalue weighted by Crippen LogP contribution is 2.38. The first-order valence-electron chi connectivity index (χ1n) is 5.58. The fraction of sp³-hybridized carbons (Fsp3) is 0.455. The predicted octanol–water partition coefficient (Wildman–Crippen LogP) is 3.32. The normalized spacial score (nSPS) is 10.6. The van der Waals surface area contributed by atoms with Gasteiger partial charge in [-0.3, -0.25) is 10.1 Å². The van der Waals surface area contributed by atoms with Gasteiger partial charge >= 0.3 is 0 Å². The summed E-state index contributed by atoms with van der Waals surface area (Å²) in [6.45, 7) is 4.84. The van der Waals surface area contributed by atoms with Crippen LogP contribution < -0.4 is 4.74 Å². The van der Waals surface area contributed by atoms with E-state index >= 15 is 0 Å². The number of nitro groups is 1. The van der Waals surface area contributed by atoms with Gasteiger partial charge in [-0.1, -0.05) is 6.07 Å². The first-order valence-corrected chi connectivity index (χ1v) is 6.94. The molecule has 1 aromatic rings. The summed E-state index contributed by atoms with van der Waals surface area (Å²) in [5, 5.41) is 10.6. The van der Waals surface area contributed by atoms with Gasteiger partial charge in [0, 0.05) is 6.07 Å². The summed E-state index contributed by atoms with van der Waals surface area (Å²) < 4.78 is 16.2. The van der Waals surface area contributed by atoms with Crippen LogP contribution in [0.3, 0.4) is 0 Å². The maximum atomic E-state index is 10.6. The maximum Gasteiger partial charge on any atom is 0.273 e. The van der Waals surface area contributed by atoms with Gasteiger partial charge in [0.2, 0.25) is 8.38 Å². The predicted molar refractivity (Wildman–Crippen MR) is 68.8 cm³/mol. The highest BCUT2D eigenvalue weighted by atomic mass is 31.2. The van der Waals surface area contributed by atoms with E-state index in [1.807, 2.05) is 13.8 Å². The summed E-state index contributed by atoms with van der Waals surface area (Å²) in [5.41, 5.74) is 0.00430. The quantitative estimate of drug-likeness (QED) is 0.413. The maximum absolute atomic E-state index is 10.6. The van der Waals surface area contributed by atoms with Crippen LogP contribution in [-0.2, 0) is 9.05 Å². The van der Waals surface area contributed by atoms with Crippen LogP contribution >= 0.6 is 8.38 Å². The van der Waals surface area contributed by atoms with E-state index < -0.39 is 13.3 Å². The third-order valence-corrected chi connectivity index (χ3v) is 3.34. The lowest BCUT2D eigenvalue weighted by Crippen LogP contribution is -2.01. The molecule has 0 N–H and O–H groups in total. The Morgan fingerprint density at radius 3 is 2.50 bits per heavy atom. The van der Waals surface area contributed by atoms with Crippen molar-refractivity contribution in [2.24, 2.45) is 0 Å². The Morgan fingerprint density at radius 2 is 1.94 bits per heavy atom. The van der Waals surface area contributed by atoms with E-state index in [1.165, 1.54) is 12.1 Å². The summed E-state index contributed by atoms with van der Waals surface area (Å²) in [6.07, 6.45) is 0.262. The highest BCUT2D eigenvalue weighted by molar-refractivity contribution is 7.47. The summed E-state index contributed by atoms with van der Waals surface area (Å²) in [7, 11) is -1.10. The Balaban J connectivity index is 2.55. The van der Waals surface area contributed by atoms with Crippen molar-refractivity contribution >= 4 is 14.1 Å². The van der Waals surface area contributed by atoms with Crippen LogP contribution in [0.15, 0.2) is 24.3 Å². The van der Waals surface area contributed by atoms with Crippen molar-refractivity contribution in [3.8, 4) is 5.75 Å². The van der Waals surface area contributed by atoms with Crippen molar-refractivity contribution in [3.63, 3.8) is 0 Å². The minimum atomic E-state index is -1.10. The molecule has 18 heavy (non-hydrogen) atoms. The number of benzene rings is 1. The molecule has 0 atom stereocenters. The van der Waals surface area contributed by atoms with E-state index in [2.05, 4.69) is 0 Å². The van der Waals surface area contributed by atoms with Crippen molar-refractivity contribution in [3.05, 3.63) is 34.4 Å². The van der Waals surface area contributed by atoms with Gasteiger partial charge in [-0.05, 0) is 19.9 Å². The third-order valence-electron chi connectivity index (χ3n) is 1.91. The van der Waals surface area contributed by atoms with E-state index in [0.29, 0.717) is 19.0 Å². The Bertz CT molecular complexity index is 381. The third kappa shape index (κ3) is 4.96. The second-order valence-electron chi connectivity index (χ2n) is 3.20. The molecular weight excluding hydrogens is 257 g/mol. The average molecular weight is 273 g/mol. The van der Waals surface area contributed by atoms with Crippen LogP contribution in [0.4, 0.5) is 5.69 Å².